The molecule has 2 atom stereocenters. The number of nitrogens with zero attached hydrogens (tertiary/aromatic N) is 5. The number of alkyl carbamates (subject to hydrolysis) is 1. The molecular formula is C37H37ClF5N7O5S. The number of aromatic nitrogens is 3. The van der Waals surface area contributed by atoms with Crippen molar-refractivity contribution in [1.82, 2.24) is 30.3 Å². The van der Waals surface area contributed by atoms with Crippen LogP contribution in [-0.4, -0.2) is 77.2 Å². The summed E-state index contributed by atoms with van der Waals surface area (Å²) in [4.78, 5) is 37.3. The average Bonchev–Trinajstić information content (AvgIpc) is 3.74. The number of ether oxygens (including phenoxy) is 1. The second-order valence-electron chi connectivity index (χ2n) is 14.7. The SMILES string of the molecule is CC(C)(C)CCN=C1NC(F)c2ncnn2-c2cc(ccc2Cl)[C@@H](COC(=O)NC2(C(F)(F)F)CC2)N1C(=O)c1ccc(-c2ccc(S(C)(=O)=O)cc2)c(F)c1. The first-order valence-electron chi connectivity index (χ1n) is 17.3. The van der Waals surface area contributed by atoms with Crippen molar-refractivity contribution in [2.24, 2.45) is 10.4 Å². The van der Waals surface area contributed by atoms with Gasteiger partial charge in [0, 0.05) is 23.9 Å². The molecule has 298 valence electrons. The number of sulfone groups is 1. The number of fused-ring (bicyclic) bond motifs is 4. The van der Waals surface area contributed by atoms with Crippen molar-refractivity contribution in [1.29, 1.82) is 0 Å². The van der Waals surface area contributed by atoms with Crippen LogP contribution in [-0.2, 0) is 14.6 Å². The van der Waals surface area contributed by atoms with E-state index in [9.17, 15) is 31.2 Å². The molecule has 6 rings (SSSR count). The third-order valence-corrected chi connectivity index (χ3v) is 10.8. The molecule has 1 unspecified atom stereocenters. The number of alkyl halides is 4. The van der Waals surface area contributed by atoms with Crippen LogP contribution in [0, 0.1) is 11.2 Å². The van der Waals surface area contributed by atoms with Crippen molar-refractivity contribution in [3.63, 3.8) is 0 Å². The van der Waals surface area contributed by atoms with Crippen LogP contribution in [0.1, 0.15) is 74.1 Å². The first kappa shape index (κ1) is 40.6. The van der Waals surface area contributed by atoms with Crippen LogP contribution in [0.3, 0.4) is 0 Å². The number of nitrogens with one attached hydrogen (secondary N) is 2. The van der Waals surface area contributed by atoms with Crippen molar-refractivity contribution >= 4 is 39.4 Å². The molecule has 2 bridgehead atoms. The van der Waals surface area contributed by atoms with E-state index in [4.69, 9.17) is 16.3 Å². The van der Waals surface area contributed by atoms with E-state index in [1.54, 1.807) is 0 Å². The fraction of sp³-hybridized carbons (Fsp3) is 0.378. The van der Waals surface area contributed by atoms with Gasteiger partial charge in [0.2, 0.25) is 12.3 Å². The maximum absolute atomic E-state index is 16.4. The zero-order chi connectivity index (χ0) is 40.8. The monoisotopic (exact) mass is 821 g/mol. The van der Waals surface area contributed by atoms with Gasteiger partial charge < -0.3 is 15.4 Å². The number of amides is 2. The van der Waals surface area contributed by atoms with Crippen LogP contribution >= 0.6 is 11.6 Å². The third kappa shape index (κ3) is 8.65. The van der Waals surface area contributed by atoms with Gasteiger partial charge in [-0.2, -0.15) is 18.3 Å². The third-order valence-electron chi connectivity index (χ3n) is 9.34. The molecule has 3 aromatic carbocycles. The van der Waals surface area contributed by atoms with Gasteiger partial charge in [-0.25, -0.2) is 31.7 Å². The molecule has 2 heterocycles. The van der Waals surface area contributed by atoms with Gasteiger partial charge in [0.1, 0.15) is 24.3 Å². The van der Waals surface area contributed by atoms with Crippen molar-refractivity contribution in [3.05, 3.63) is 94.8 Å². The first-order valence-corrected chi connectivity index (χ1v) is 19.5. The number of carbonyl (C=O) groups excluding carboxylic acids is 2. The predicted molar refractivity (Wildman–Crippen MR) is 196 cm³/mol. The molecular weight excluding hydrogens is 785 g/mol. The van der Waals surface area contributed by atoms with Gasteiger partial charge in [0.25, 0.3) is 5.91 Å². The normalized spacial score (nSPS) is 18.8. The molecule has 1 fully saturated rings. The van der Waals surface area contributed by atoms with E-state index in [1.165, 1.54) is 54.6 Å². The summed E-state index contributed by atoms with van der Waals surface area (Å²) >= 11 is 6.52. The minimum atomic E-state index is -4.75. The number of hydrogen-bond donors (Lipinski definition) is 2. The Kier molecular flexibility index (Phi) is 10.9. The van der Waals surface area contributed by atoms with E-state index in [0.717, 1.165) is 28.2 Å². The van der Waals surface area contributed by atoms with Gasteiger partial charge in [0.05, 0.1) is 21.6 Å². The minimum Gasteiger partial charge on any atom is -0.447 e. The highest BCUT2D eigenvalue weighted by Gasteiger charge is 2.64. The van der Waals surface area contributed by atoms with Crippen molar-refractivity contribution in [2.75, 3.05) is 19.4 Å². The zero-order valence-corrected chi connectivity index (χ0v) is 32.1. The van der Waals surface area contributed by atoms with Crippen LogP contribution in [0.5, 0.6) is 0 Å². The van der Waals surface area contributed by atoms with Crippen LogP contribution < -0.4 is 10.6 Å². The lowest BCUT2D eigenvalue weighted by Gasteiger charge is -2.35. The lowest BCUT2D eigenvalue weighted by atomic mass is 9.92. The lowest BCUT2D eigenvalue weighted by molar-refractivity contribution is -0.164. The molecule has 1 aliphatic heterocycles. The Morgan fingerprint density at radius 1 is 1.07 bits per heavy atom. The predicted octanol–water partition coefficient (Wildman–Crippen LogP) is 7.50. The van der Waals surface area contributed by atoms with Gasteiger partial charge in [-0.15, -0.1) is 0 Å². The smallest absolute Gasteiger partial charge is 0.411 e. The largest absolute Gasteiger partial charge is 0.447 e. The molecule has 0 saturated heterocycles. The molecule has 0 radical (unpaired) electrons. The maximum Gasteiger partial charge on any atom is 0.411 e. The fourth-order valence-corrected chi connectivity index (χ4v) is 6.80. The Bertz CT molecular complexity index is 2290. The first-order chi connectivity index (χ1) is 26.2. The van der Waals surface area contributed by atoms with E-state index < -0.39 is 58.3 Å². The van der Waals surface area contributed by atoms with Gasteiger partial charge in [-0.1, -0.05) is 56.6 Å². The zero-order valence-electron chi connectivity index (χ0n) is 30.5. The van der Waals surface area contributed by atoms with Crippen molar-refractivity contribution in [2.45, 2.75) is 69.0 Å². The van der Waals surface area contributed by atoms with Crippen molar-refractivity contribution < 1.29 is 44.7 Å². The number of rotatable bonds is 8. The summed E-state index contributed by atoms with van der Waals surface area (Å²) < 4.78 is 104. The Morgan fingerprint density at radius 3 is 2.38 bits per heavy atom. The van der Waals surface area contributed by atoms with Gasteiger partial charge in [-0.3, -0.25) is 14.7 Å². The number of aliphatic imine (C=N–C) groups is 1. The maximum atomic E-state index is 16.4. The van der Waals surface area contributed by atoms with Crippen LogP contribution in [0.25, 0.3) is 16.8 Å². The molecule has 56 heavy (non-hydrogen) atoms. The Morgan fingerprint density at radius 2 is 1.77 bits per heavy atom. The molecule has 1 aliphatic carbocycles. The second kappa shape index (κ2) is 15.1. The summed E-state index contributed by atoms with van der Waals surface area (Å²) in [6.07, 6.45) is -6.48. The minimum absolute atomic E-state index is 0.0189. The molecule has 1 aromatic heterocycles. The molecule has 2 amide bonds. The molecule has 19 heteroatoms. The number of carbonyl (C=O) groups is 2. The Balaban J connectivity index is 1.46. The summed E-state index contributed by atoms with van der Waals surface area (Å²) in [6, 6.07) is 11.9. The second-order valence-corrected chi connectivity index (χ2v) is 17.2. The van der Waals surface area contributed by atoms with E-state index in [2.05, 4.69) is 20.4 Å². The standard InChI is InChI=1S/C37H37ClF5N7O5S/c1-35(2,3)15-16-44-33-47-30(40)31-45-20-46-50(31)28-18-22(8-12-26(28)38)29(19-55-34(52)48-36(13-14-36)37(41,42)43)49(33)32(51)23-7-11-25(27(39)17-23)21-5-9-24(10-6-21)56(4,53)54/h5-12,17-18,20,29-30H,13-16,19H2,1-4H3,(H,44,47)(H,48,52)/t29-,30?/m1/s1. The highest BCUT2D eigenvalue weighted by atomic mass is 35.5. The molecule has 1 saturated carbocycles. The Labute approximate surface area is 324 Å². The van der Waals surface area contributed by atoms with Crippen LogP contribution in [0.4, 0.5) is 26.7 Å². The Hall–Kier alpha value is -5.10. The highest BCUT2D eigenvalue weighted by molar-refractivity contribution is 7.90. The molecule has 4 aromatic rings. The van der Waals surface area contributed by atoms with Crippen LogP contribution in [0.15, 0.2) is 76.9 Å². The van der Waals surface area contributed by atoms with E-state index in [-0.39, 0.29) is 68.9 Å². The number of guanidine groups is 1. The summed E-state index contributed by atoms with van der Waals surface area (Å²) in [7, 11) is -3.53. The topological polar surface area (TPSA) is 148 Å². The lowest BCUT2D eigenvalue weighted by Crippen LogP contribution is -2.51. The summed E-state index contributed by atoms with van der Waals surface area (Å²) in [5, 5.41) is 8.66. The number of benzene rings is 3. The van der Waals surface area contributed by atoms with Gasteiger partial charge in [0.15, 0.2) is 15.7 Å². The molecule has 12 nitrogen and oxygen atoms in total. The fourth-order valence-electron chi connectivity index (χ4n) is 5.97. The summed E-state index contributed by atoms with van der Waals surface area (Å²) in [5.41, 5.74) is -2.34. The highest BCUT2D eigenvalue weighted by Crippen LogP contribution is 2.49. The molecule has 2 aliphatic rings. The summed E-state index contributed by atoms with van der Waals surface area (Å²) in [6.45, 7) is 5.08. The van der Waals surface area contributed by atoms with Crippen molar-refractivity contribution in [3.8, 4) is 16.8 Å². The molecule has 2 N–H and O–H groups in total. The van der Waals surface area contributed by atoms with E-state index in [1.807, 2.05) is 26.1 Å². The molecule has 0 spiro atoms. The quantitative estimate of drug-likeness (QED) is 0.137. The van der Waals surface area contributed by atoms with Gasteiger partial charge in [-0.05, 0) is 72.2 Å². The van der Waals surface area contributed by atoms with E-state index >= 15 is 8.78 Å². The number of hydrogen-bond acceptors (Lipinski definition) is 8. The van der Waals surface area contributed by atoms with E-state index in [0.29, 0.717) is 12.0 Å². The summed E-state index contributed by atoms with van der Waals surface area (Å²) in [5.74, 6) is -2.49. The van der Waals surface area contributed by atoms with Crippen LogP contribution in [0.2, 0.25) is 5.02 Å². The number of halogens is 6. The van der Waals surface area contributed by atoms with Gasteiger partial charge >= 0.3 is 12.3 Å². The average molecular weight is 822 g/mol.